The molecule has 5 heteroatoms. The molecular formula is C18H23ClN2OS. The second kappa shape index (κ2) is 7.65. The molecule has 1 aliphatic rings. The fourth-order valence-electron chi connectivity index (χ4n) is 2.69. The minimum atomic E-state index is 0.347. The molecule has 2 aromatic rings. The van der Waals surface area contributed by atoms with Gasteiger partial charge in [-0.05, 0) is 50.8 Å². The van der Waals surface area contributed by atoms with Gasteiger partial charge in [0.2, 0.25) is 0 Å². The zero-order chi connectivity index (χ0) is 16.2. The molecule has 0 saturated heterocycles. The van der Waals surface area contributed by atoms with Gasteiger partial charge in [0.15, 0.2) is 0 Å². The van der Waals surface area contributed by atoms with Crippen molar-refractivity contribution in [2.45, 2.75) is 39.2 Å². The van der Waals surface area contributed by atoms with Gasteiger partial charge >= 0.3 is 0 Å². The Morgan fingerprint density at radius 1 is 1.39 bits per heavy atom. The summed E-state index contributed by atoms with van der Waals surface area (Å²) in [6.07, 6.45) is 5.37. The van der Waals surface area contributed by atoms with Crippen LogP contribution in [0.1, 0.15) is 41.3 Å². The standard InChI is InChI=1S/C18H23ClN2OS/c1-3-22-11-9-14-6-7-16(23-14)18(13-4-5-13)21-15-8-10-20-12(2)17(15)19/h6-8,10,13,18H,3-5,9,11H2,1-2H3,(H,20,21). The molecule has 0 amide bonds. The molecule has 1 N–H and O–H groups in total. The van der Waals surface area contributed by atoms with Gasteiger partial charge in [0.25, 0.3) is 0 Å². The summed E-state index contributed by atoms with van der Waals surface area (Å²) in [5.74, 6) is 0.706. The zero-order valence-electron chi connectivity index (χ0n) is 13.6. The molecule has 3 nitrogen and oxygen atoms in total. The first-order valence-corrected chi connectivity index (χ1v) is 9.42. The Bertz CT molecular complexity index is 654. The molecule has 0 aliphatic heterocycles. The predicted octanol–water partition coefficient (Wildman–Crippen LogP) is 5.25. The van der Waals surface area contributed by atoms with Crippen molar-refractivity contribution in [2.24, 2.45) is 5.92 Å². The maximum atomic E-state index is 6.40. The lowest BCUT2D eigenvalue weighted by Gasteiger charge is -2.19. The molecule has 124 valence electrons. The molecule has 1 fully saturated rings. The van der Waals surface area contributed by atoms with E-state index in [-0.39, 0.29) is 0 Å². The van der Waals surface area contributed by atoms with Crippen LogP contribution in [0.2, 0.25) is 5.02 Å². The first-order valence-electron chi connectivity index (χ1n) is 8.23. The lowest BCUT2D eigenvalue weighted by atomic mass is 10.1. The molecule has 2 aromatic heterocycles. The van der Waals surface area contributed by atoms with Gasteiger partial charge < -0.3 is 10.1 Å². The van der Waals surface area contributed by atoms with Gasteiger partial charge in [-0.3, -0.25) is 4.98 Å². The maximum absolute atomic E-state index is 6.40. The lowest BCUT2D eigenvalue weighted by molar-refractivity contribution is 0.151. The number of anilines is 1. The highest BCUT2D eigenvalue weighted by Gasteiger charge is 2.33. The number of nitrogens with one attached hydrogen (secondary N) is 1. The van der Waals surface area contributed by atoms with E-state index < -0.39 is 0 Å². The fourth-order valence-corrected chi connectivity index (χ4v) is 4.00. The highest BCUT2D eigenvalue weighted by atomic mass is 35.5. The number of hydrogen-bond acceptors (Lipinski definition) is 4. The molecule has 1 aliphatic carbocycles. The minimum absolute atomic E-state index is 0.347. The van der Waals surface area contributed by atoms with Crippen LogP contribution in [0.5, 0.6) is 0 Å². The Labute approximate surface area is 147 Å². The van der Waals surface area contributed by atoms with E-state index in [1.807, 2.05) is 37.4 Å². The van der Waals surface area contributed by atoms with Gasteiger partial charge in [-0.1, -0.05) is 11.6 Å². The molecule has 3 rings (SSSR count). The van der Waals surface area contributed by atoms with Crippen LogP contribution in [-0.2, 0) is 11.2 Å². The third kappa shape index (κ3) is 4.25. The highest BCUT2D eigenvalue weighted by Crippen LogP contribution is 2.45. The third-order valence-corrected chi connectivity index (χ3v) is 5.86. The van der Waals surface area contributed by atoms with Gasteiger partial charge in [0.05, 0.1) is 29.1 Å². The van der Waals surface area contributed by atoms with E-state index in [1.54, 1.807) is 0 Å². The maximum Gasteiger partial charge on any atom is 0.0849 e. The van der Waals surface area contributed by atoms with Crippen LogP contribution in [-0.4, -0.2) is 18.2 Å². The summed E-state index contributed by atoms with van der Waals surface area (Å²) in [6, 6.07) is 6.80. The van der Waals surface area contributed by atoms with Crippen molar-refractivity contribution in [1.82, 2.24) is 4.98 Å². The van der Waals surface area contributed by atoms with Crippen LogP contribution in [0, 0.1) is 12.8 Å². The van der Waals surface area contributed by atoms with Crippen molar-refractivity contribution in [2.75, 3.05) is 18.5 Å². The summed E-state index contributed by atoms with van der Waals surface area (Å²) in [5.41, 5.74) is 1.86. The molecule has 1 atom stereocenters. The lowest BCUT2D eigenvalue weighted by Crippen LogP contribution is -2.12. The Kier molecular flexibility index (Phi) is 5.57. The van der Waals surface area contributed by atoms with E-state index in [1.165, 1.54) is 22.6 Å². The molecule has 0 bridgehead atoms. The molecule has 0 spiro atoms. The molecular weight excluding hydrogens is 328 g/mol. The predicted molar refractivity (Wildman–Crippen MR) is 97.6 cm³/mol. The summed E-state index contributed by atoms with van der Waals surface area (Å²) < 4.78 is 5.46. The molecule has 1 saturated carbocycles. The number of nitrogens with zero attached hydrogens (tertiary/aromatic N) is 1. The topological polar surface area (TPSA) is 34.1 Å². The van der Waals surface area contributed by atoms with Crippen molar-refractivity contribution in [3.05, 3.63) is 44.9 Å². The Morgan fingerprint density at radius 3 is 2.96 bits per heavy atom. The van der Waals surface area contributed by atoms with Crippen molar-refractivity contribution in [3.8, 4) is 0 Å². The smallest absolute Gasteiger partial charge is 0.0849 e. The molecule has 23 heavy (non-hydrogen) atoms. The van der Waals surface area contributed by atoms with Crippen molar-refractivity contribution < 1.29 is 4.74 Å². The molecule has 0 radical (unpaired) electrons. The molecule has 2 heterocycles. The average Bonchev–Trinajstić information content (AvgIpc) is 3.28. The number of aromatic nitrogens is 1. The van der Waals surface area contributed by atoms with Crippen LogP contribution in [0.25, 0.3) is 0 Å². The largest absolute Gasteiger partial charge is 0.381 e. The summed E-state index contributed by atoms with van der Waals surface area (Å²) in [7, 11) is 0. The van der Waals surface area contributed by atoms with Crippen LogP contribution in [0.4, 0.5) is 5.69 Å². The fraction of sp³-hybridized carbons (Fsp3) is 0.500. The Morgan fingerprint density at radius 2 is 2.22 bits per heavy atom. The number of pyridine rings is 1. The SMILES string of the molecule is CCOCCc1ccc(C(Nc2ccnc(C)c2Cl)C2CC2)s1. The van der Waals surface area contributed by atoms with E-state index in [2.05, 4.69) is 22.4 Å². The van der Waals surface area contributed by atoms with Gasteiger partial charge in [-0.2, -0.15) is 0 Å². The minimum Gasteiger partial charge on any atom is -0.381 e. The number of halogens is 1. The van der Waals surface area contributed by atoms with E-state index in [0.717, 1.165) is 36.0 Å². The van der Waals surface area contributed by atoms with E-state index >= 15 is 0 Å². The number of thiophene rings is 1. The quantitative estimate of drug-likeness (QED) is 0.660. The number of rotatable bonds is 8. The monoisotopic (exact) mass is 350 g/mol. The number of hydrogen-bond donors (Lipinski definition) is 1. The summed E-state index contributed by atoms with van der Waals surface area (Å²) in [4.78, 5) is 7.02. The van der Waals surface area contributed by atoms with Crippen molar-refractivity contribution >= 4 is 28.6 Å². The van der Waals surface area contributed by atoms with Crippen LogP contribution < -0.4 is 5.32 Å². The van der Waals surface area contributed by atoms with E-state index in [0.29, 0.717) is 12.0 Å². The summed E-state index contributed by atoms with van der Waals surface area (Å²) in [6.45, 7) is 5.56. The first-order chi connectivity index (χ1) is 11.2. The number of ether oxygens (including phenoxy) is 1. The Hall–Kier alpha value is -1.10. The van der Waals surface area contributed by atoms with Crippen LogP contribution in [0.15, 0.2) is 24.4 Å². The van der Waals surface area contributed by atoms with Gasteiger partial charge in [-0.15, -0.1) is 11.3 Å². The van der Waals surface area contributed by atoms with Crippen molar-refractivity contribution in [1.29, 1.82) is 0 Å². The second-order valence-electron chi connectivity index (χ2n) is 5.97. The first kappa shape index (κ1) is 16.7. The zero-order valence-corrected chi connectivity index (χ0v) is 15.2. The average molecular weight is 351 g/mol. The van der Waals surface area contributed by atoms with Crippen LogP contribution in [0.3, 0.4) is 0 Å². The van der Waals surface area contributed by atoms with Crippen molar-refractivity contribution in [3.63, 3.8) is 0 Å². The number of aryl methyl sites for hydroxylation is 1. The summed E-state index contributed by atoms with van der Waals surface area (Å²) >= 11 is 8.29. The van der Waals surface area contributed by atoms with Gasteiger partial charge in [-0.25, -0.2) is 0 Å². The molecule has 0 aromatic carbocycles. The van der Waals surface area contributed by atoms with Crippen LogP contribution >= 0.6 is 22.9 Å². The normalized spacial score (nSPS) is 15.6. The highest BCUT2D eigenvalue weighted by molar-refractivity contribution is 7.12. The van der Waals surface area contributed by atoms with E-state index in [4.69, 9.17) is 16.3 Å². The second-order valence-corrected chi connectivity index (χ2v) is 7.55. The third-order valence-electron chi connectivity index (χ3n) is 4.15. The molecule has 1 unspecified atom stereocenters. The van der Waals surface area contributed by atoms with Gasteiger partial charge in [0.1, 0.15) is 0 Å². The summed E-state index contributed by atoms with van der Waals surface area (Å²) in [5, 5.41) is 4.38. The van der Waals surface area contributed by atoms with Gasteiger partial charge in [0, 0.05) is 29.0 Å². The Balaban J connectivity index is 1.73. The van der Waals surface area contributed by atoms with E-state index in [9.17, 15) is 0 Å².